The van der Waals surface area contributed by atoms with Gasteiger partial charge in [-0.05, 0) is 24.5 Å². The summed E-state index contributed by atoms with van der Waals surface area (Å²) in [6.45, 7) is 5.82. The molecule has 0 aliphatic heterocycles. The van der Waals surface area contributed by atoms with E-state index in [4.69, 9.17) is 5.73 Å². The summed E-state index contributed by atoms with van der Waals surface area (Å²) in [6.07, 6.45) is 0. The number of hydrogen-bond donors (Lipinski definition) is 2. The predicted molar refractivity (Wildman–Crippen MR) is 62.6 cm³/mol. The molecule has 0 saturated heterocycles. The van der Waals surface area contributed by atoms with Crippen LogP contribution in [0.2, 0.25) is 0 Å². The zero-order chi connectivity index (χ0) is 11.4. The minimum atomic E-state index is -0.454. The zero-order valence-corrected chi connectivity index (χ0v) is 9.45. The smallest absolute Gasteiger partial charge is 0.241 e. The molecule has 0 fully saturated rings. The molecule has 3 N–H and O–H groups in total. The molecule has 0 aromatic heterocycles. The van der Waals surface area contributed by atoms with E-state index < -0.39 is 6.04 Å². The molecule has 3 nitrogen and oxygen atoms in total. The maximum atomic E-state index is 11.7. The van der Waals surface area contributed by atoms with Crippen molar-refractivity contribution in [2.75, 3.05) is 5.32 Å². The fourth-order valence-corrected chi connectivity index (χ4v) is 1.23. The first-order valence-corrected chi connectivity index (χ1v) is 5.14. The van der Waals surface area contributed by atoms with E-state index in [0.717, 1.165) is 11.3 Å². The van der Waals surface area contributed by atoms with Crippen LogP contribution in [0.25, 0.3) is 0 Å². The van der Waals surface area contributed by atoms with Gasteiger partial charge in [-0.2, -0.15) is 0 Å². The molecule has 0 spiro atoms. The monoisotopic (exact) mass is 206 g/mol. The maximum Gasteiger partial charge on any atom is 0.241 e. The number of nitrogens with two attached hydrogens (primary N) is 1. The van der Waals surface area contributed by atoms with Crippen LogP contribution in [0.5, 0.6) is 0 Å². The third-order valence-corrected chi connectivity index (χ3v) is 2.42. The Balaban J connectivity index is 2.71. The summed E-state index contributed by atoms with van der Waals surface area (Å²) >= 11 is 0. The summed E-state index contributed by atoms with van der Waals surface area (Å²) in [4.78, 5) is 11.7. The van der Waals surface area contributed by atoms with E-state index in [-0.39, 0.29) is 11.8 Å². The molecule has 1 atom stereocenters. The molecule has 1 aromatic carbocycles. The summed E-state index contributed by atoms with van der Waals surface area (Å²) < 4.78 is 0. The Labute approximate surface area is 90.7 Å². The van der Waals surface area contributed by atoms with Gasteiger partial charge in [0, 0.05) is 5.69 Å². The number of carbonyl (C=O) groups is 1. The van der Waals surface area contributed by atoms with Gasteiger partial charge in [-0.15, -0.1) is 0 Å². The van der Waals surface area contributed by atoms with Gasteiger partial charge in [-0.25, -0.2) is 0 Å². The van der Waals surface area contributed by atoms with Crippen LogP contribution in [0.3, 0.4) is 0 Å². The van der Waals surface area contributed by atoms with E-state index in [1.807, 2.05) is 45.0 Å². The number of para-hydroxylation sites is 1. The van der Waals surface area contributed by atoms with Crippen LogP contribution in [0.4, 0.5) is 5.69 Å². The quantitative estimate of drug-likeness (QED) is 0.793. The molecular weight excluding hydrogens is 188 g/mol. The fraction of sp³-hybridized carbons (Fsp3) is 0.417. The molecule has 1 rings (SSSR count). The number of rotatable bonds is 3. The van der Waals surface area contributed by atoms with E-state index in [0.29, 0.717) is 0 Å². The van der Waals surface area contributed by atoms with Crippen LogP contribution in [-0.4, -0.2) is 11.9 Å². The van der Waals surface area contributed by atoms with Crippen LogP contribution < -0.4 is 11.1 Å². The van der Waals surface area contributed by atoms with Crippen molar-refractivity contribution in [3.63, 3.8) is 0 Å². The Hall–Kier alpha value is -1.35. The molecule has 0 radical (unpaired) electrons. The minimum absolute atomic E-state index is 0.126. The highest BCUT2D eigenvalue weighted by Crippen LogP contribution is 2.13. The first kappa shape index (κ1) is 11.7. The third kappa shape index (κ3) is 3.06. The summed E-state index contributed by atoms with van der Waals surface area (Å²) in [5.41, 5.74) is 7.62. The van der Waals surface area contributed by atoms with Gasteiger partial charge >= 0.3 is 0 Å². The van der Waals surface area contributed by atoms with E-state index in [9.17, 15) is 4.79 Å². The van der Waals surface area contributed by atoms with Crippen molar-refractivity contribution in [1.29, 1.82) is 0 Å². The topological polar surface area (TPSA) is 55.1 Å². The number of carbonyl (C=O) groups excluding carboxylic acids is 1. The number of aryl methyl sites for hydroxylation is 1. The van der Waals surface area contributed by atoms with Crippen LogP contribution in [0.1, 0.15) is 19.4 Å². The average molecular weight is 206 g/mol. The molecule has 82 valence electrons. The molecule has 0 aliphatic rings. The molecule has 0 aliphatic carbocycles. The van der Waals surface area contributed by atoms with E-state index in [2.05, 4.69) is 5.32 Å². The van der Waals surface area contributed by atoms with Gasteiger partial charge in [0.2, 0.25) is 5.91 Å². The fourth-order valence-electron chi connectivity index (χ4n) is 1.23. The van der Waals surface area contributed by atoms with Gasteiger partial charge in [0.15, 0.2) is 0 Å². The summed E-state index contributed by atoms with van der Waals surface area (Å²) in [5.74, 6) is 0.0216. The second kappa shape index (κ2) is 4.94. The molecule has 0 unspecified atom stereocenters. The van der Waals surface area contributed by atoms with E-state index in [1.165, 1.54) is 0 Å². The highest BCUT2D eigenvalue weighted by Gasteiger charge is 2.17. The normalized spacial score (nSPS) is 12.6. The molecule has 0 bridgehead atoms. The van der Waals surface area contributed by atoms with Crippen molar-refractivity contribution in [3.05, 3.63) is 29.8 Å². The first-order chi connectivity index (χ1) is 7.02. The number of benzene rings is 1. The van der Waals surface area contributed by atoms with Crippen molar-refractivity contribution in [3.8, 4) is 0 Å². The lowest BCUT2D eigenvalue weighted by Gasteiger charge is -2.16. The Bertz CT molecular complexity index is 347. The molecule has 15 heavy (non-hydrogen) atoms. The highest BCUT2D eigenvalue weighted by atomic mass is 16.2. The number of amides is 1. The highest BCUT2D eigenvalue weighted by molar-refractivity contribution is 5.95. The molecule has 3 heteroatoms. The van der Waals surface area contributed by atoms with Crippen LogP contribution in [0.15, 0.2) is 24.3 Å². The molecule has 1 aromatic rings. The van der Waals surface area contributed by atoms with Gasteiger partial charge in [0.05, 0.1) is 6.04 Å². The molecule has 0 heterocycles. The van der Waals surface area contributed by atoms with E-state index in [1.54, 1.807) is 0 Å². The molecule has 0 saturated carbocycles. The number of anilines is 1. The third-order valence-electron chi connectivity index (χ3n) is 2.42. The van der Waals surface area contributed by atoms with Crippen molar-refractivity contribution in [2.45, 2.75) is 26.8 Å². The lowest BCUT2D eigenvalue weighted by Crippen LogP contribution is -2.39. The van der Waals surface area contributed by atoms with Crippen molar-refractivity contribution < 1.29 is 4.79 Å². The van der Waals surface area contributed by atoms with Crippen molar-refractivity contribution >= 4 is 11.6 Å². The van der Waals surface area contributed by atoms with Gasteiger partial charge in [0.25, 0.3) is 0 Å². The Kier molecular flexibility index (Phi) is 3.86. The van der Waals surface area contributed by atoms with Crippen LogP contribution >= 0.6 is 0 Å². The standard InChI is InChI=1S/C12H18N2O/c1-8(2)11(13)12(15)14-10-7-5-4-6-9(10)3/h4-8,11H,13H2,1-3H3,(H,14,15)/t11-/m1/s1. The second-order valence-electron chi connectivity index (χ2n) is 4.07. The van der Waals surface area contributed by atoms with Gasteiger partial charge in [0.1, 0.15) is 0 Å². The Morgan fingerprint density at radius 3 is 2.47 bits per heavy atom. The van der Waals surface area contributed by atoms with E-state index >= 15 is 0 Å². The van der Waals surface area contributed by atoms with Crippen molar-refractivity contribution in [2.24, 2.45) is 11.7 Å². The van der Waals surface area contributed by atoms with Gasteiger partial charge in [-0.3, -0.25) is 4.79 Å². The SMILES string of the molecule is Cc1ccccc1NC(=O)[C@H](N)C(C)C. The Morgan fingerprint density at radius 1 is 1.33 bits per heavy atom. The lowest BCUT2D eigenvalue weighted by atomic mass is 10.0. The molecular formula is C12H18N2O. The first-order valence-electron chi connectivity index (χ1n) is 5.14. The minimum Gasteiger partial charge on any atom is -0.324 e. The lowest BCUT2D eigenvalue weighted by molar-refractivity contribution is -0.118. The predicted octanol–water partition coefficient (Wildman–Crippen LogP) is 1.92. The molecule has 1 amide bonds. The summed E-state index contributed by atoms with van der Waals surface area (Å²) in [5, 5.41) is 2.83. The van der Waals surface area contributed by atoms with Gasteiger partial charge < -0.3 is 11.1 Å². The number of nitrogens with one attached hydrogen (secondary N) is 1. The number of hydrogen-bond acceptors (Lipinski definition) is 2. The summed E-state index contributed by atoms with van der Waals surface area (Å²) in [7, 11) is 0. The average Bonchev–Trinajstić information content (AvgIpc) is 2.20. The van der Waals surface area contributed by atoms with Crippen molar-refractivity contribution in [1.82, 2.24) is 0 Å². The second-order valence-corrected chi connectivity index (χ2v) is 4.07. The summed E-state index contributed by atoms with van der Waals surface area (Å²) in [6, 6.07) is 7.21. The van der Waals surface area contributed by atoms with Crippen LogP contribution in [-0.2, 0) is 4.79 Å². The largest absolute Gasteiger partial charge is 0.324 e. The van der Waals surface area contributed by atoms with Gasteiger partial charge in [-0.1, -0.05) is 32.0 Å². The maximum absolute atomic E-state index is 11.7. The Morgan fingerprint density at radius 2 is 1.93 bits per heavy atom. The van der Waals surface area contributed by atoms with Crippen LogP contribution in [0, 0.1) is 12.8 Å². The zero-order valence-electron chi connectivity index (χ0n) is 9.45.